The molecule has 0 aromatic heterocycles. The molecule has 0 aromatic carbocycles. The van der Waals surface area contributed by atoms with Crippen LogP contribution in [0.15, 0.2) is 0 Å². The van der Waals surface area contributed by atoms with Gasteiger partial charge in [-0.25, -0.2) is 0 Å². The van der Waals surface area contributed by atoms with Gasteiger partial charge in [0.05, 0.1) is 0 Å². The van der Waals surface area contributed by atoms with Crippen molar-refractivity contribution in [3.05, 3.63) is 0 Å². The molecule has 3 aliphatic rings. The fourth-order valence-corrected chi connectivity index (χ4v) is 3.26. The summed E-state index contributed by atoms with van der Waals surface area (Å²) in [5.74, 6) is 0.433. The average Bonchev–Trinajstić information content (AvgIpc) is 2.92. The highest BCUT2D eigenvalue weighted by Gasteiger charge is 2.50. The number of nitrogens with one attached hydrogen (secondary N) is 1. The summed E-state index contributed by atoms with van der Waals surface area (Å²) < 4.78 is 0. The summed E-state index contributed by atoms with van der Waals surface area (Å²) in [6.07, 6.45) is 5.96. The molecule has 0 atom stereocenters. The van der Waals surface area contributed by atoms with Crippen molar-refractivity contribution in [3.8, 4) is 0 Å². The minimum absolute atomic E-state index is 0.0262. The standard InChI is InChI=1S/C13H22N2O/c1-12(2-3-12)11(16)15-9-6-13(10-15)4-7-14-8-5-13/h14H,2-10H2,1H3. The van der Waals surface area contributed by atoms with Crippen molar-refractivity contribution in [2.24, 2.45) is 10.8 Å². The molecule has 1 N–H and O–H groups in total. The van der Waals surface area contributed by atoms with E-state index < -0.39 is 0 Å². The molecule has 1 saturated carbocycles. The van der Waals surface area contributed by atoms with Gasteiger partial charge in [-0.3, -0.25) is 4.79 Å². The highest BCUT2D eigenvalue weighted by Crippen LogP contribution is 2.48. The number of hydrogen-bond donors (Lipinski definition) is 1. The largest absolute Gasteiger partial charge is 0.342 e. The van der Waals surface area contributed by atoms with Crippen LogP contribution in [-0.2, 0) is 4.79 Å². The van der Waals surface area contributed by atoms with Crippen LogP contribution in [0.4, 0.5) is 0 Å². The number of nitrogens with zero attached hydrogens (tertiary/aromatic N) is 1. The summed E-state index contributed by atoms with van der Waals surface area (Å²) in [4.78, 5) is 14.4. The van der Waals surface area contributed by atoms with Gasteiger partial charge in [-0.2, -0.15) is 0 Å². The van der Waals surface area contributed by atoms with E-state index in [0.29, 0.717) is 11.3 Å². The van der Waals surface area contributed by atoms with Crippen LogP contribution in [-0.4, -0.2) is 37.0 Å². The summed E-state index contributed by atoms with van der Waals surface area (Å²) >= 11 is 0. The summed E-state index contributed by atoms with van der Waals surface area (Å²) in [6, 6.07) is 0. The first kappa shape index (κ1) is 10.6. The Morgan fingerprint density at radius 2 is 1.81 bits per heavy atom. The van der Waals surface area contributed by atoms with Crippen LogP contribution in [0.1, 0.15) is 39.0 Å². The number of likely N-dealkylation sites (tertiary alicyclic amines) is 1. The van der Waals surface area contributed by atoms with Gasteiger partial charge in [-0.05, 0) is 50.6 Å². The number of carbonyl (C=O) groups is 1. The minimum Gasteiger partial charge on any atom is -0.342 e. The number of carbonyl (C=O) groups excluding carboxylic acids is 1. The van der Waals surface area contributed by atoms with E-state index >= 15 is 0 Å². The summed E-state index contributed by atoms with van der Waals surface area (Å²) in [5, 5.41) is 3.42. The third kappa shape index (κ3) is 1.65. The van der Waals surface area contributed by atoms with Crippen LogP contribution in [0, 0.1) is 10.8 Å². The molecule has 0 bridgehead atoms. The van der Waals surface area contributed by atoms with Gasteiger partial charge in [0.25, 0.3) is 0 Å². The van der Waals surface area contributed by atoms with E-state index in [0.717, 1.165) is 39.0 Å². The van der Waals surface area contributed by atoms with Crippen LogP contribution in [0.25, 0.3) is 0 Å². The topological polar surface area (TPSA) is 32.3 Å². The molecular weight excluding hydrogens is 200 g/mol. The van der Waals surface area contributed by atoms with Gasteiger partial charge < -0.3 is 10.2 Å². The summed E-state index contributed by atoms with van der Waals surface area (Å²) in [7, 11) is 0. The zero-order chi connectivity index (χ0) is 11.2. The molecule has 3 heteroatoms. The molecule has 3 rings (SSSR count). The third-order valence-corrected chi connectivity index (χ3v) is 4.91. The lowest BCUT2D eigenvalue weighted by molar-refractivity contribution is -0.135. The Balaban J connectivity index is 1.66. The molecular formula is C13H22N2O. The van der Waals surface area contributed by atoms with Crippen molar-refractivity contribution in [1.29, 1.82) is 0 Å². The SMILES string of the molecule is CC1(C(=O)N2CCC3(CCNCC3)C2)CC1. The van der Waals surface area contributed by atoms with Gasteiger partial charge in [-0.1, -0.05) is 6.92 Å². The fourth-order valence-electron chi connectivity index (χ4n) is 3.26. The van der Waals surface area contributed by atoms with Crippen LogP contribution in [0.3, 0.4) is 0 Å². The second-order valence-corrected chi connectivity index (χ2v) is 6.29. The highest BCUT2D eigenvalue weighted by atomic mass is 16.2. The predicted molar refractivity (Wildman–Crippen MR) is 63.1 cm³/mol. The van der Waals surface area contributed by atoms with Crippen LogP contribution in [0.5, 0.6) is 0 Å². The Hall–Kier alpha value is -0.570. The van der Waals surface area contributed by atoms with Gasteiger partial charge in [-0.15, -0.1) is 0 Å². The maximum Gasteiger partial charge on any atom is 0.228 e. The van der Waals surface area contributed by atoms with Gasteiger partial charge >= 0.3 is 0 Å². The first-order valence-electron chi connectivity index (χ1n) is 6.64. The molecule has 3 nitrogen and oxygen atoms in total. The Bertz CT molecular complexity index is 303. The smallest absolute Gasteiger partial charge is 0.228 e. The van der Waals surface area contributed by atoms with E-state index in [-0.39, 0.29) is 5.41 Å². The maximum absolute atomic E-state index is 12.3. The van der Waals surface area contributed by atoms with Gasteiger partial charge in [0.15, 0.2) is 0 Å². The lowest BCUT2D eigenvalue weighted by atomic mass is 9.78. The number of amides is 1. The van der Waals surface area contributed by atoms with Crippen molar-refractivity contribution in [3.63, 3.8) is 0 Å². The molecule has 0 radical (unpaired) electrons. The molecule has 0 aromatic rings. The predicted octanol–water partition coefficient (Wildman–Crippen LogP) is 1.39. The number of hydrogen-bond acceptors (Lipinski definition) is 2. The van der Waals surface area contributed by atoms with E-state index in [2.05, 4.69) is 17.1 Å². The molecule has 2 saturated heterocycles. The van der Waals surface area contributed by atoms with Crippen LogP contribution < -0.4 is 5.32 Å². The van der Waals surface area contributed by atoms with E-state index in [9.17, 15) is 4.79 Å². The van der Waals surface area contributed by atoms with Crippen molar-refractivity contribution >= 4 is 5.91 Å². The normalized spacial score (nSPS) is 30.7. The van der Waals surface area contributed by atoms with Crippen LogP contribution >= 0.6 is 0 Å². The second kappa shape index (κ2) is 3.46. The first-order chi connectivity index (χ1) is 7.64. The molecule has 90 valence electrons. The molecule has 16 heavy (non-hydrogen) atoms. The van der Waals surface area contributed by atoms with Crippen molar-refractivity contribution in [1.82, 2.24) is 10.2 Å². The Labute approximate surface area is 97.6 Å². The molecule has 2 aliphatic heterocycles. The van der Waals surface area contributed by atoms with Crippen LogP contribution in [0.2, 0.25) is 0 Å². The molecule has 2 heterocycles. The van der Waals surface area contributed by atoms with E-state index in [1.54, 1.807) is 0 Å². The van der Waals surface area contributed by atoms with Crippen molar-refractivity contribution in [2.45, 2.75) is 39.0 Å². The Morgan fingerprint density at radius 1 is 1.12 bits per heavy atom. The zero-order valence-electron chi connectivity index (χ0n) is 10.2. The molecule has 1 aliphatic carbocycles. The lowest BCUT2D eigenvalue weighted by Crippen LogP contribution is -2.41. The minimum atomic E-state index is 0.0262. The van der Waals surface area contributed by atoms with Gasteiger partial charge in [0.2, 0.25) is 5.91 Å². The van der Waals surface area contributed by atoms with Crippen molar-refractivity contribution in [2.75, 3.05) is 26.2 Å². The molecule has 1 amide bonds. The van der Waals surface area contributed by atoms with E-state index in [1.807, 2.05) is 0 Å². The Morgan fingerprint density at radius 3 is 2.44 bits per heavy atom. The van der Waals surface area contributed by atoms with Crippen molar-refractivity contribution < 1.29 is 4.79 Å². The monoisotopic (exact) mass is 222 g/mol. The first-order valence-corrected chi connectivity index (χ1v) is 6.64. The highest BCUT2D eigenvalue weighted by molar-refractivity contribution is 5.85. The molecule has 0 unspecified atom stereocenters. The molecule has 3 fully saturated rings. The van der Waals surface area contributed by atoms with Gasteiger partial charge in [0, 0.05) is 18.5 Å². The van der Waals surface area contributed by atoms with Gasteiger partial charge in [0.1, 0.15) is 0 Å². The summed E-state index contributed by atoms with van der Waals surface area (Å²) in [5.41, 5.74) is 0.491. The summed E-state index contributed by atoms with van der Waals surface area (Å²) in [6.45, 7) is 6.44. The quantitative estimate of drug-likeness (QED) is 0.727. The van der Waals surface area contributed by atoms with E-state index in [1.165, 1.54) is 19.3 Å². The number of piperidine rings is 1. The maximum atomic E-state index is 12.3. The molecule has 1 spiro atoms. The fraction of sp³-hybridized carbons (Fsp3) is 0.923. The number of rotatable bonds is 1. The Kier molecular flexibility index (Phi) is 2.29. The average molecular weight is 222 g/mol. The third-order valence-electron chi connectivity index (χ3n) is 4.91. The second-order valence-electron chi connectivity index (χ2n) is 6.29. The van der Waals surface area contributed by atoms with E-state index in [4.69, 9.17) is 0 Å². The zero-order valence-corrected chi connectivity index (χ0v) is 10.2. The lowest BCUT2D eigenvalue weighted by Gasteiger charge is -2.34.